The van der Waals surface area contributed by atoms with Gasteiger partial charge in [-0.3, -0.25) is 0 Å². The summed E-state index contributed by atoms with van der Waals surface area (Å²) in [5.41, 5.74) is 5.31. The van der Waals surface area contributed by atoms with Crippen LogP contribution in [0.15, 0.2) is 102 Å². The third-order valence-corrected chi connectivity index (χ3v) is 6.24. The maximum absolute atomic E-state index is 13.1. The highest BCUT2D eigenvalue weighted by atomic mass is 32.2. The molecule has 0 unspecified atom stereocenters. The molecule has 0 saturated heterocycles. The highest BCUT2D eigenvalue weighted by molar-refractivity contribution is 7.87. The number of benzene rings is 4. The first kappa shape index (κ1) is 22.7. The van der Waals surface area contributed by atoms with Crippen molar-refractivity contribution in [3.8, 4) is 28.0 Å². The van der Waals surface area contributed by atoms with E-state index < -0.39 is 10.1 Å². The summed E-state index contributed by atoms with van der Waals surface area (Å²) in [4.78, 5) is 0.136. The maximum Gasteiger partial charge on any atom is 0.339 e. The Balaban J connectivity index is 0.00000272. The van der Waals surface area contributed by atoms with Crippen LogP contribution in [0.2, 0.25) is 0 Å². The summed E-state index contributed by atoms with van der Waals surface area (Å²) in [7, 11) is -3.98. The maximum atomic E-state index is 13.1. The van der Waals surface area contributed by atoms with Crippen LogP contribution in [0.25, 0.3) is 22.3 Å². The molecule has 4 aromatic rings. The Morgan fingerprint density at radius 1 is 0.645 bits per heavy atom. The molecule has 4 aromatic carbocycles. The van der Waals surface area contributed by atoms with E-state index in [0.717, 1.165) is 33.4 Å². The zero-order chi connectivity index (χ0) is 21.1. The van der Waals surface area contributed by atoms with Crippen LogP contribution in [-0.2, 0) is 10.1 Å². The summed E-state index contributed by atoms with van der Waals surface area (Å²) < 4.78 is 31.9. The van der Waals surface area contributed by atoms with Gasteiger partial charge in [-0.2, -0.15) is 21.9 Å². The molecule has 0 fully saturated rings. The molecule has 0 aliphatic rings. The first-order valence-electron chi connectivity index (χ1n) is 9.71. The SMILES string of the molecule is Cc1ccc(S(=O)(=O)Oc2c(C)ccc(-c3ccccc3)c2-c2ccccc2)cc1.S. The van der Waals surface area contributed by atoms with Crippen LogP contribution >= 0.6 is 13.5 Å². The summed E-state index contributed by atoms with van der Waals surface area (Å²) in [5, 5.41) is 0. The second-order valence-electron chi connectivity index (χ2n) is 7.22. The molecule has 3 nitrogen and oxygen atoms in total. The minimum atomic E-state index is -3.98. The lowest BCUT2D eigenvalue weighted by Gasteiger charge is -2.18. The van der Waals surface area contributed by atoms with E-state index in [1.54, 1.807) is 24.3 Å². The molecule has 0 amide bonds. The number of aryl methyl sites for hydroxylation is 2. The lowest BCUT2D eigenvalue weighted by Crippen LogP contribution is -2.11. The van der Waals surface area contributed by atoms with Gasteiger partial charge in [-0.1, -0.05) is 90.5 Å². The molecule has 0 bridgehead atoms. The normalized spacial score (nSPS) is 10.9. The predicted molar refractivity (Wildman–Crippen MR) is 131 cm³/mol. The fourth-order valence-corrected chi connectivity index (χ4v) is 4.41. The monoisotopic (exact) mass is 448 g/mol. The largest absolute Gasteiger partial charge is 0.378 e. The van der Waals surface area contributed by atoms with Gasteiger partial charge in [-0.05, 0) is 48.2 Å². The van der Waals surface area contributed by atoms with E-state index in [9.17, 15) is 8.42 Å². The van der Waals surface area contributed by atoms with Gasteiger partial charge in [0.2, 0.25) is 0 Å². The van der Waals surface area contributed by atoms with Gasteiger partial charge in [0.25, 0.3) is 0 Å². The van der Waals surface area contributed by atoms with E-state index >= 15 is 0 Å². The Morgan fingerprint density at radius 3 is 1.77 bits per heavy atom. The molecule has 4 rings (SSSR count). The summed E-state index contributed by atoms with van der Waals surface area (Å²) >= 11 is 0. The van der Waals surface area contributed by atoms with Crippen molar-refractivity contribution >= 4 is 23.6 Å². The fraction of sp³-hybridized carbons (Fsp3) is 0.0769. The molecule has 0 aromatic heterocycles. The van der Waals surface area contributed by atoms with E-state index in [1.807, 2.05) is 86.6 Å². The Bertz CT molecular complexity index is 1270. The summed E-state index contributed by atoms with van der Waals surface area (Å²) in [6, 6.07) is 30.2. The summed E-state index contributed by atoms with van der Waals surface area (Å²) in [5.74, 6) is 0.350. The second-order valence-corrected chi connectivity index (χ2v) is 8.76. The molecule has 158 valence electrons. The molecular formula is C26H24O3S2. The van der Waals surface area contributed by atoms with Crippen LogP contribution in [-0.4, -0.2) is 8.42 Å². The smallest absolute Gasteiger partial charge is 0.339 e. The lowest BCUT2D eigenvalue weighted by atomic mass is 9.92. The van der Waals surface area contributed by atoms with Crippen molar-refractivity contribution in [1.29, 1.82) is 0 Å². The number of rotatable bonds is 5. The predicted octanol–water partition coefficient (Wildman–Crippen LogP) is 6.52. The number of hydrogen-bond acceptors (Lipinski definition) is 3. The van der Waals surface area contributed by atoms with Crippen LogP contribution in [0, 0.1) is 13.8 Å². The molecule has 0 heterocycles. The van der Waals surface area contributed by atoms with Crippen molar-refractivity contribution < 1.29 is 12.6 Å². The molecule has 5 heteroatoms. The van der Waals surface area contributed by atoms with Crippen molar-refractivity contribution in [1.82, 2.24) is 0 Å². The van der Waals surface area contributed by atoms with Gasteiger partial charge in [-0.15, -0.1) is 0 Å². The zero-order valence-corrected chi connectivity index (χ0v) is 19.2. The van der Waals surface area contributed by atoms with Crippen molar-refractivity contribution in [2.75, 3.05) is 0 Å². The third kappa shape index (κ3) is 4.84. The molecule has 0 saturated carbocycles. The molecule has 0 atom stereocenters. The van der Waals surface area contributed by atoms with Crippen molar-refractivity contribution in [2.24, 2.45) is 0 Å². The van der Waals surface area contributed by atoms with E-state index in [2.05, 4.69) is 0 Å². The Labute approximate surface area is 190 Å². The zero-order valence-electron chi connectivity index (χ0n) is 17.4. The van der Waals surface area contributed by atoms with Crippen molar-refractivity contribution in [3.63, 3.8) is 0 Å². The van der Waals surface area contributed by atoms with Crippen LogP contribution in [0.3, 0.4) is 0 Å². The van der Waals surface area contributed by atoms with E-state index in [4.69, 9.17) is 4.18 Å². The topological polar surface area (TPSA) is 43.4 Å². The molecule has 31 heavy (non-hydrogen) atoms. The van der Waals surface area contributed by atoms with E-state index in [0.29, 0.717) is 5.75 Å². The quantitative estimate of drug-likeness (QED) is 0.327. The third-order valence-electron chi connectivity index (χ3n) is 5.00. The lowest BCUT2D eigenvalue weighted by molar-refractivity contribution is 0.485. The van der Waals surface area contributed by atoms with Crippen LogP contribution < -0.4 is 4.18 Å². The minimum Gasteiger partial charge on any atom is -0.378 e. The van der Waals surface area contributed by atoms with Crippen molar-refractivity contribution in [3.05, 3.63) is 108 Å². The average Bonchev–Trinajstić information content (AvgIpc) is 2.76. The minimum absolute atomic E-state index is 0. The molecule has 0 spiro atoms. The van der Waals surface area contributed by atoms with Gasteiger partial charge in [0.1, 0.15) is 4.90 Å². The van der Waals surface area contributed by atoms with E-state index in [1.165, 1.54) is 0 Å². The standard InChI is InChI=1S/C26H22O3S.H2S/c1-19-13-16-23(17-14-19)30(27,28)29-26-20(2)15-18-24(21-9-5-3-6-10-21)25(26)22-11-7-4-8-12-22;/h3-18H,1-2H3;1H2. The summed E-state index contributed by atoms with van der Waals surface area (Å²) in [6.07, 6.45) is 0. The highest BCUT2D eigenvalue weighted by Crippen LogP contribution is 2.42. The first-order valence-corrected chi connectivity index (χ1v) is 11.1. The average molecular weight is 449 g/mol. The molecule has 0 aliphatic carbocycles. The van der Waals surface area contributed by atoms with Gasteiger partial charge < -0.3 is 4.18 Å². The second kappa shape index (κ2) is 9.41. The van der Waals surface area contributed by atoms with Crippen LogP contribution in [0.4, 0.5) is 0 Å². The van der Waals surface area contributed by atoms with Crippen molar-refractivity contribution in [2.45, 2.75) is 18.7 Å². The van der Waals surface area contributed by atoms with Crippen LogP contribution in [0.5, 0.6) is 5.75 Å². The Kier molecular flexibility index (Phi) is 6.88. The first-order chi connectivity index (χ1) is 14.5. The Hall–Kier alpha value is -3.02. The molecule has 0 N–H and O–H groups in total. The van der Waals surface area contributed by atoms with Gasteiger partial charge in [0.15, 0.2) is 5.75 Å². The fourth-order valence-electron chi connectivity index (χ4n) is 3.41. The number of hydrogen-bond donors (Lipinski definition) is 0. The molecular weight excluding hydrogens is 424 g/mol. The highest BCUT2D eigenvalue weighted by Gasteiger charge is 2.23. The van der Waals surface area contributed by atoms with E-state index in [-0.39, 0.29) is 18.4 Å². The van der Waals surface area contributed by atoms with Gasteiger partial charge in [-0.25, -0.2) is 0 Å². The molecule has 0 aliphatic heterocycles. The van der Waals surface area contributed by atoms with Crippen LogP contribution in [0.1, 0.15) is 11.1 Å². The summed E-state index contributed by atoms with van der Waals surface area (Å²) in [6.45, 7) is 3.78. The van der Waals surface area contributed by atoms with Gasteiger partial charge in [0, 0.05) is 5.56 Å². The van der Waals surface area contributed by atoms with Gasteiger partial charge in [0.05, 0.1) is 0 Å². The van der Waals surface area contributed by atoms with Gasteiger partial charge >= 0.3 is 10.1 Å². The Morgan fingerprint density at radius 2 is 1.19 bits per heavy atom. The molecule has 0 radical (unpaired) electrons.